The fourth-order valence-corrected chi connectivity index (χ4v) is 1.88. The minimum Gasteiger partial charge on any atom is -0.311 e. The van der Waals surface area contributed by atoms with Gasteiger partial charge in [-0.25, -0.2) is 9.59 Å². The molecule has 18 heavy (non-hydrogen) atoms. The van der Waals surface area contributed by atoms with E-state index in [1.165, 1.54) is 0 Å². The first-order valence-corrected chi connectivity index (χ1v) is 5.58. The van der Waals surface area contributed by atoms with Gasteiger partial charge in [0, 0.05) is 0 Å². The van der Waals surface area contributed by atoms with Gasteiger partial charge < -0.3 is 10.6 Å². The average molecular weight is 245 g/mol. The van der Waals surface area contributed by atoms with Crippen molar-refractivity contribution in [3.8, 4) is 0 Å². The van der Waals surface area contributed by atoms with Gasteiger partial charge in [-0.3, -0.25) is 5.32 Å². The van der Waals surface area contributed by atoms with E-state index in [1.807, 2.05) is 31.2 Å². The molecule has 1 aliphatic rings. The molecule has 1 aromatic rings. The summed E-state index contributed by atoms with van der Waals surface area (Å²) >= 11 is 0. The van der Waals surface area contributed by atoms with Crippen LogP contribution in [0.5, 0.6) is 0 Å². The van der Waals surface area contributed by atoms with E-state index in [2.05, 4.69) is 22.5 Å². The maximum atomic E-state index is 11.3. The molecule has 94 valence electrons. The fourth-order valence-electron chi connectivity index (χ4n) is 1.88. The summed E-state index contributed by atoms with van der Waals surface area (Å²) in [5, 5.41) is 7.49. The third-order valence-electron chi connectivity index (χ3n) is 2.91. The second kappa shape index (κ2) is 4.18. The van der Waals surface area contributed by atoms with Crippen molar-refractivity contribution in [2.45, 2.75) is 19.5 Å². The Balaban J connectivity index is 2.32. The number of imide groups is 1. The standard InChI is InChI=1S/C13H15N3O2/c1-8(2)9-4-6-10(7-5-9)13(3)15-11(17)14-12(18)16-13/h4-7H,1H2,2-3H3,(H3,14,15,16,17,18). The van der Waals surface area contributed by atoms with Crippen LogP contribution in [0, 0.1) is 0 Å². The van der Waals surface area contributed by atoms with E-state index >= 15 is 0 Å². The zero-order valence-electron chi connectivity index (χ0n) is 10.3. The number of amides is 4. The number of hydrogen-bond acceptors (Lipinski definition) is 2. The summed E-state index contributed by atoms with van der Waals surface area (Å²) in [7, 11) is 0. The average Bonchev–Trinajstić information content (AvgIpc) is 2.27. The lowest BCUT2D eigenvalue weighted by Crippen LogP contribution is -2.66. The highest BCUT2D eigenvalue weighted by atomic mass is 16.2. The Morgan fingerprint density at radius 1 is 1.11 bits per heavy atom. The Hall–Kier alpha value is -2.30. The summed E-state index contributed by atoms with van der Waals surface area (Å²) in [6.45, 7) is 7.52. The molecule has 1 aliphatic heterocycles. The zero-order chi connectivity index (χ0) is 13.3. The van der Waals surface area contributed by atoms with Crippen LogP contribution in [-0.4, -0.2) is 12.1 Å². The van der Waals surface area contributed by atoms with Gasteiger partial charge in [0.25, 0.3) is 0 Å². The molecular formula is C13H15N3O2. The van der Waals surface area contributed by atoms with E-state index in [0.717, 1.165) is 16.7 Å². The van der Waals surface area contributed by atoms with Crippen molar-refractivity contribution < 1.29 is 9.59 Å². The van der Waals surface area contributed by atoms with Crippen molar-refractivity contribution in [3.63, 3.8) is 0 Å². The van der Waals surface area contributed by atoms with E-state index < -0.39 is 17.7 Å². The van der Waals surface area contributed by atoms with Crippen LogP contribution in [-0.2, 0) is 5.66 Å². The van der Waals surface area contributed by atoms with Gasteiger partial charge in [0.1, 0.15) is 5.66 Å². The summed E-state index contributed by atoms with van der Waals surface area (Å²) < 4.78 is 0. The van der Waals surface area contributed by atoms with Crippen molar-refractivity contribution in [1.29, 1.82) is 0 Å². The van der Waals surface area contributed by atoms with Crippen molar-refractivity contribution in [2.75, 3.05) is 0 Å². The molecule has 0 bridgehead atoms. The number of benzene rings is 1. The lowest BCUT2D eigenvalue weighted by Gasteiger charge is -2.35. The van der Waals surface area contributed by atoms with E-state index in [9.17, 15) is 9.59 Å². The van der Waals surface area contributed by atoms with Gasteiger partial charge in [-0.15, -0.1) is 0 Å². The molecule has 0 radical (unpaired) electrons. The van der Waals surface area contributed by atoms with Gasteiger partial charge in [-0.05, 0) is 25.0 Å². The monoisotopic (exact) mass is 245 g/mol. The van der Waals surface area contributed by atoms with Gasteiger partial charge in [0.2, 0.25) is 0 Å². The minimum atomic E-state index is -0.896. The molecule has 0 aromatic heterocycles. The van der Waals surface area contributed by atoms with Crippen molar-refractivity contribution in [1.82, 2.24) is 16.0 Å². The number of hydrogen-bond donors (Lipinski definition) is 3. The summed E-state index contributed by atoms with van der Waals surface area (Å²) in [5.41, 5.74) is 1.89. The summed E-state index contributed by atoms with van der Waals surface area (Å²) in [6.07, 6.45) is 0. The molecular weight excluding hydrogens is 230 g/mol. The highest BCUT2D eigenvalue weighted by Crippen LogP contribution is 2.21. The smallest absolute Gasteiger partial charge is 0.311 e. The Labute approximate surface area is 105 Å². The quantitative estimate of drug-likeness (QED) is 0.745. The van der Waals surface area contributed by atoms with Crippen LogP contribution in [0.25, 0.3) is 5.57 Å². The molecule has 1 fully saturated rings. The first-order chi connectivity index (χ1) is 8.40. The molecule has 1 aromatic carbocycles. The maximum Gasteiger partial charge on any atom is 0.324 e. The van der Waals surface area contributed by atoms with Crippen LogP contribution in [0.1, 0.15) is 25.0 Å². The molecule has 5 nitrogen and oxygen atoms in total. The molecule has 0 spiro atoms. The predicted octanol–water partition coefficient (Wildman–Crippen LogP) is 1.91. The molecule has 3 N–H and O–H groups in total. The number of carbonyl (C=O) groups is 2. The molecule has 4 amide bonds. The van der Waals surface area contributed by atoms with Crippen molar-refractivity contribution >= 4 is 17.6 Å². The molecule has 0 unspecified atom stereocenters. The van der Waals surface area contributed by atoms with Gasteiger partial charge in [0.15, 0.2) is 0 Å². The largest absolute Gasteiger partial charge is 0.324 e. The Kier molecular flexibility index (Phi) is 2.82. The SMILES string of the molecule is C=C(C)c1ccc(C2(C)NC(=O)NC(=O)N2)cc1. The molecule has 1 saturated heterocycles. The number of allylic oxidation sites excluding steroid dienone is 1. The van der Waals surface area contributed by atoms with Crippen LogP contribution in [0.2, 0.25) is 0 Å². The molecule has 5 heteroatoms. The third kappa shape index (κ3) is 2.20. The lowest BCUT2D eigenvalue weighted by molar-refractivity contribution is 0.188. The molecule has 2 rings (SSSR count). The molecule has 0 saturated carbocycles. The van der Waals surface area contributed by atoms with E-state index in [4.69, 9.17) is 0 Å². The number of carbonyl (C=O) groups excluding carboxylic acids is 2. The van der Waals surface area contributed by atoms with Crippen molar-refractivity contribution in [2.24, 2.45) is 0 Å². The minimum absolute atomic E-state index is 0.509. The summed E-state index contributed by atoms with van der Waals surface area (Å²) in [4.78, 5) is 22.7. The number of rotatable bonds is 2. The van der Waals surface area contributed by atoms with Gasteiger partial charge in [-0.1, -0.05) is 36.4 Å². The highest BCUT2D eigenvalue weighted by molar-refractivity contribution is 5.96. The van der Waals surface area contributed by atoms with Crippen LogP contribution < -0.4 is 16.0 Å². The van der Waals surface area contributed by atoms with Crippen LogP contribution in [0.4, 0.5) is 9.59 Å². The number of urea groups is 2. The van der Waals surface area contributed by atoms with Gasteiger partial charge >= 0.3 is 12.1 Å². The van der Waals surface area contributed by atoms with Crippen molar-refractivity contribution in [3.05, 3.63) is 42.0 Å². The Morgan fingerprint density at radius 3 is 2.06 bits per heavy atom. The molecule has 1 heterocycles. The molecule has 0 aliphatic carbocycles. The first kappa shape index (κ1) is 12.2. The normalized spacial score (nSPS) is 17.4. The first-order valence-electron chi connectivity index (χ1n) is 5.58. The Morgan fingerprint density at radius 2 is 1.61 bits per heavy atom. The number of nitrogens with one attached hydrogen (secondary N) is 3. The second-order valence-electron chi connectivity index (χ2n) is 4.52. The van der Waals surface area contributed by atoms with E-state index in [1.54, 1.807) is 6.92 Å². The summed E-state index contributed by atoms with van der Waals surface area (Å²) in [6, 6.07) is 6.51. The highest BCUT2D eigenvalue weighted by Gasteiger charge is 2.35. The van der Waals surface area contributed by atoms with E-state index in [-0.39, 0.29) is 0 Å². The maximum absolute atomic E-state index is 11.3. The fraction of sp³-hybridized carbons (Fsp3) is 0.231. The summed E-state index contributed by atoms with van der Waals surface area (Å²) in [5.74, 6) is 0. The van der Waals surface area contributed by atoms with Gasteiger partial charge in [0.05, 0.1) is 0 Å². The molecule has 0 atom stereocenters. The van der Waals surface area contributed by atoms with E-state index in [0.29, 0.717) is 0 Å². The Bertz CT molecular complexity index is 504. The second-order valence-corrected chi connectivity index (χ2v) is 4.52. The topological polar surface area (TPSA) is 70.2 Å². The van der Waals surface area contributed by atoms with Gasteiger partial charge in [-0.2, -0.15) is 0 Å². The lowest BCUT2D eigenvalue weighted by atomic mass is 9.98. The van der Waals surface area contributed by atoms with Crippen LogP contribution in [0.15, 0.2) is 30.8 Å². The van der Waals surface area contributed by atoms with Crippen LogP contribution in [0.3, 0.4) is 0 Å². The predicted molar refractivity (Wildman–Crippen MR) is 68.7 cm³/mol. The third-order valence-corrected chi connectivity index (χ3v) is 2.91. The van der Waals surface area contributed by atoms with Crippen LogP contribution >= 0.6 is 0 Å². The zero-order valence-corrected chi connectivity index (χ0v) is 10.3.